The summed E-state index contributed by atoms with van der Waals surface area (Å²) in [6.07, 6.45) is 0. The van der Waals surface area contributed by atoms with E-state index in [1.54, 1.807) is 0 Å². The van der Waals surface area contributed by atoms with Gasteiger partial charge in [-0.1, -0.05) is 152 Å². The monoisotopic (exact) mass is 717 g/mol. The molecule has 8 aromatic carbocycles. The Morgan fingerprint density at radius 2 is 0.750 bits per heavy atom. The number of hydrogen-bond donors (Lipinski definition) is 0. The summed E-state index contributed by atoms with van der Waals surface area (Å²) in [4.78, 5) is 15.0. The predicted octanol–water partition coefficient (Wildman–Crippen LogP) is 13.7. The van der Waals surface area contributed by atoms with Crippen LogP contribution in [0.2, 0.25) is 0 Å². The Morgan fingerprint density at radius 1 is 0.268 bits per heavy atom. The highest BCUT2D eigenvalue weighted by molar-refractivity contribution is 6.09. The van der Waals surface area contributed by atoms with E-state index in [0.717, 1.165) is 77.3 Å². The number of para-hydroxylation sites is 2. The summed E-state index contributed by atoms with van der Waals surface area (Å²) in [5.74, 6) is 1.75. The minimum Gasteiger partial charge on any atom is -0.456 e. The van der Waals surface area contributed by atoms with Gasteiger partial charge < -0.3 is 8.83 Å². The molecule has 11 rings (SSSR count). The fourth-order valence-electron chi connectivity index (χ4n) is 7.70. The molecule has 5 heteroatoms. The second-order valence-electron chi connectivity index (χ2n) is 14.0. The van der Waals surface area contributed by atoms with Gasteiger partial charge >= 0.3 is 0 Å². The molecule has 0 radical (unpaired) electrons. The first-order valence-electron chi connectivity index (χ1n) is 18.7. The van der Waals surface area contributed by atoms with Crippen molar-refractivity contribution in [2.45, 2.75) is 0 Å². The lowest BCUT2D eigenvalue weighted by Crippen LogP contribution is -2.00. The number of furan rings is 2. The molecule has 0 unspecified atom stereocenters. The van der Waals surface area contributed by atoms with Gasteiger partial charge in [0, 0.05) is 32.7 Å². The van der Waals surface area contributed by atoms with Gasteiger partial charge in [-0.2, -0.15) is 0 Å². The van der Waals surface area contributed by atoms with Crippen LogP contribution in [0.15, 0.2) is 197 Å². The average Bonchev–Trinajstić information content (AvgIpc) is 3.85. The highest BCUT2D eigenvalue weighted by Gasteiger charge is 2.18. The Balaban J connectivity index is 0.933. The lowest BCUT2D eigenvalue weighted by atomic mass is 9.98. The Bertz CT molecular complexity index is 3220. The Kier molecular flexibility index (Phi) is 7.42. The second kappa shape index (κ2) is 13.0. The van der Waals surface area contributed by atoms with Gasteiger partial charge in [-0.15, -0.1) is 0 Å². The molecule has 3 aromatic heterocycles. The largest absolute Gasteiger partial charge is 0.456 e. The molecule has 0 aliphatic carbocycles. The number of nitrogens with zero attached hydrogens (tertiary/aromatic N) is 3. The fourth-order valence-corrected chi connectivity index (χ4v) is 7.70. The fraction of sp³-hybridized carbons (Fsp3) is 0. The molecular formula is C51H31N3O2. The van der Waals surface area contributed by atoms with Gasteiger partial charge in [0.15, 0.2) is 17.5 Å². The third-order valence-electron chi connectivity index (χ3n) is 10.6. The number of rotatable bonds is 6. The van der Waals surface area contributed by atoms with Crippen LogP contribution in [0, 0.1) is 0 Å². The smallest absolute Gasteiger partial charge is 0.167 e. The third-order valence-corrected chi connectivity index (χ3v) is 10.6. The summed E-state index contributed by atoms with van der Waals surface area (Å²) in [5.41, 5.74) is 12.8. The van der Waals surface area contributed by atoms with Crippen molar-refractivity contribution in [1.82, 2.24) is 15.0 Å². The third kappa shape index (κ3) is 5.53. The number of benzene rings is 8. The highest BCUT2D eigenvalue weighted by Crippen LogP contribution is 2.38. The number of fused-ring (bicyclic) bond motifs is 6. The predicted molar refractivity (Wildman–Crippen MR) is 227 cm³/mol. The summed E-state index contributed by atoms with van der Waals surface area (Å²) in [7, 11) is 0. The van der Waals surface area contributed by atoms with Gasteiger partial charge in [-0.05, 0) is 69.8 Å². The van der Waals surface area contributed by atoms with E-state index < -0.39 is 0 Å². The van der Waals surface area contributed by atoms with Crippen molar-refractivity contribution < 1.29 is 8.83 Å². The van der Waals surface area contributed by atoms with Crippen LogP contribution in [0.1, 0.15) is 0 Å². The molecule has 0 saturated heterocycles. The Morgan fingerprint density at radius 3 is 1.48 bits per heavy atom. The molecular weight excluding hydrogens is 687 g/mol. The van der Waals surface area contributed by atoms with Gasteiger partial charge in [0.25, 0.3) is 0 Å². The van der Waals surface area contributed by atoms with Crippen LogP contribution in [-0.4, -0.2) is 15.0 Å². The maximum absolute atomic E-state index is 6.40. The van der Waals surface area contributed by atoms with E-state index in [4.69, 9.17) is 23.8 Å². The highest BCUT2D eigenvalue weighted by atomic mass is 16.3. The molecule has 0 saturated carbocycles. The molecule has 0 fully saturated rings. The molecule has 0 aliphatic heterocycles. The van der Waals surface area contributed by atoms with Crippen LogP contribution < -0.4 is 0 Å². The van der Waals surface area contributed by atoms with Crippen LogP contribution in [0.25, 0.3) is 111 Å². The van der Waals surface area contributed by atoms with E-state index in [1.807, 2.05) is 66.7 Å². The van der Waals surface area contributed by atoms with E-state index >= 15 is 0 Å². The number of hydrogen-bond acceptors (Lipinski definition) is 5. The summed E-state index contributed by atoms with van der Waals surface area (Å²) in [5, 5.41) is 4.29. The molecule has 0 aliphatic rings. The first kappa shape index (κ1) is 31.9. The second-order valence-corrected chi connectivity index (χ2v) is 14.0. The van der Waals surface area contributed by atoms with E-state index in [9.17, 15) is 0 Å². The minimum atomic E-state index is 0.560. The van der Waals surface area contributed by atoms with Crippen molar-refractivity contribution in [2.75, 3.05) is 0 Å². The van der Waals surface area contributed by atoms with Gasteiger partial charge in [0.05, 0.1) is 5.56 Å². The molecule has 0 N–H and O–H groups in total. The maximum Gasteiger partial charge on any atom is 0.167 e. The van der Waals surface area contributed by atoms with Crippen molar-refractivity contribution in [3.05, 3.63) is 188 Å². The normalized spacial score (nSPS) is 11.6. The molecule has 0 amide bonds. The van der Waals surface area contributed by atoms with Gasteiger partial charge in [0.1, 0.15) is 22.3 Å². The van der Waals surface area contributed by atoms with Gasteiger partial charge in [0.2, 0.25) is 0 Å². The van der Waals surface area contributed by atoms with Crippen LogP contribution in [0.5, 0.6) is 0 Å². The Hall–Kier alpha value is -7.63. The van der Waals surface area contributed by atoms with Crippen molar-refractivity contribution in [1.29, 1.82) is 0 Å². The Labute approximate surface area is 322 Å². The van der Waals surface area contributed by atoms with Crippen LogP contribution in [0.4, 0.5) is 0 Å². The SMILES string of the molecule is c1ccc(-c2ccc(-c3ccc4oc5cc(-c6ccc(-c7nc(-c8ccccc8)nc(-c8cccc9c8oc8ccccc89)n7)cc6)ccc5c4c3)cc2)cc1. The van der Waals surface area contributed by atoms with Crippen molar-refractivity contribution in [3.63, 3.8) is 0 Å². The van der Waals surface area contributed by atoms with Crippen molar-refractivity contribution in [2.24, 2.45) is 0 Å². The lowest BCUT2D eigenvalue weighted by Gasteiger charge is -2.09. The van der Waals surface area contributed by atoms with Crippen LogP contribution >= 0.6 is 0 Å². The molecule has 0 bridgehead atoms. The van der Waals surface area contributed by atoms with E-state index in [0.29, 0.717) is 17.5 Å². The maximum atomic E-state index is 6.40. The van der Waals surface area contributed by atoms with E-state index in [1.165, 1.54) is 16.7 Å². The molecule has 56 heavy (non-hydrogen) atoms. The topological polar surface area (TPSA) is 65.0 Å². The van der Waals surface area contributed by atoms with Gasteiger partial charge in [-0.25, -0.2) is 15.0 Å². The van der Waals surface area contributed by atoms with Crippen LogP contribution in [-0.2, 0) is 0 Å². The first-order chi connectivity index (χ1) is 27.7. The summed E-state index contributed by atoms with van der Waals surface area (Å²) in [6.45, 7) is 0. The standard InChI is InChI=1S/C51H31N3O2/c1-3-10-32(11-4-1)33-18-20-34(21-19-33)38-27-29-46-44(30-38)41-28-26-39(31-47(41)55-46)35-22-24-37(25-23-35)50-52-49(36-12-5-2-6-13-36)53-51(54-50)43-16-9-15-42-40-14-7-8-17-45(40)56-48(42)43/h1-31H. The van der Waals surface area contributed by atoms with Crippen molar-refractivity contribution in [3.8, 4) is 67.5 Å². The molecule has 0 atom stereocenters. The van der Waals surface area contributed by atoms with Gasteiger partial charge in [-0.3, -0.25) is 0 Å². The summed E-state index contributed by atoms with van der Waals surface area (Å²) in [6, 6.07) is 64.7. The average molecular weight is 718 g/mol. The van der Waals surface area contributed by atoms with E-state index in [-0.39, 0.29) is 0 Å². The minimum absolute atomic E-state index is 0.560. The molecule has 5 nitrogen and oxygen atoms in total. The summed E-state index contributed by atoms with van der Waals surface area (Å²) >= 11 is 0. The molecule has 11 aromatic rings. The van der Waals surface area contributed by atoms with Crippen molar-refractivity contribution >= 4 is 43.9 Å². The zero-order valence-corrected chi connectivity index (χ0v) is 30.1. The van der Waals surface area contributed by atoms with Crippen LogP contribution in [0.3, 0.4) is 0 Å². The molecule has 262 valence electrons. The van der Waals surface area contributed by atoms with E-state index in [2.05, 4.69) is 121 Å². The quantitative estimate of drug-likeness (QED) is 0.171. The summed E-state index contributed by atoms with van der Waals surface area (Å²) < 4.78 is 12.8. The molecule has 3 heterocycles. The zero-order chi connectivity index (χ0) is 37.0. The molecule has 0 spiro atoms. The zero-order valence-electron chi connectivity index (χ0n) is 30.1. The number of aromatic nitrogens is 3. The first-order valence-corrected chi connectivity index (χ1v) is 18.7. The lowest BCUT2D eigenvalue weighted by molar-refractivity contribution is 0.669.